The summed E-state index contributed by atoms with van der Waals surface area (Å²) in [6.45, 7) is 0. The molecule has 0 aliphatic rings. The predicted molar refractivity (Wildman–Crippen MR) is 121 cm³/mol. The maximum Gasteiger partial charge on any atom is 0.192 e. The summed E-state index contributed by atoms with van der Waals surface area (Å²) in [7, 11) is -3.49. The number of ether oxygens (including phenoxy) is 2. The molecule has 176 valence electrons. The molecule has 0 amide bonds. The van der Waals surface area contributed by atoms with Crippen molar-refractivity contribution in [3.05, 3.63) is 78.9 Å². The molecule has 12 heteroatoms. The van der Waals surface area contributed by atoms with Crippen molar-refractivity contribution < 1.29 is 26.7 Å². The van der Waals surface area contributed by atoms with Crippen LogP contribution in [0.3, 0.4) is 0 Å². The second-order valence-corrected chi connectivity index (χ2v) is 9.37. The Morgan fingerprint density at radius 3 is 2.26 bits per heavy atom. The van der Waals surface area contributed by atoms with Crippen LogP contribution in [-0.4, -0.2) is 39.6 Å². The summed E-state index contributed by atoms with van der Waals surface area (Å²) in [6.07, 6.45) is 6.88. The Kier molecular flexibility index (Phi) is 5.57. The van der Waals surface area contributed by atoms with Crippen LogP contribution in [0.5, 0.6) is 23.0 Å². The Bertz CT molecular complexity index is 1620. The van der Waals surface area contributed by atoms with Crippen molar-refractivity contribution in [2.75, 3.05) is 6.26 Å². The summed E-state index contributed by atoms with van der Waals surface area (Å²) in [6, 6.07) is 8.61. The molecule has 3 aromatic heterocycles. The molecule has 1 N–H and O–H groups in total. The fraction of sp³-hybridized carbons (Fsp3) is 0.0435. The average molecular weight is 495 g/mol. The molecule has 0 saturated carbocycles. The Hall–Kier alpha value is -4.45. The minimum atomic E-state index is -3.49. The van der Waals surface area contributed by atoms with Crippen LogP contribution in [0.15, 0.2) is 72.3 Å². The number of fused-ring (bicyclic) bond motifs is 1. The van der Waals surface area contributed by atoms with Crippen molar-refractivity contribution in [2.45, 2.75) is 5.03 Å². The first-order valence-electron chi connectivity index (χ1n) is 10.0. The van der Waals surface area contributed by atoms with Crippen molar-refractivity contribution in [3.8, 4) is 34.5 Å². The van der Waals surface area contributed by atoms with Crippen molar-refractivity contribution in [1.29, 1.82) is 0 Å². The van der Waals surface area contributed by atoms with Crippen LogP contribution in [0.25, 0.3) is 22.6 Å². The highest BCUT2D eigenvalue weighted by molar-refractivity contribution is 7.90. The van der Waals surface area contributed by atoms with Gasteiger partial charge in [0, 0.05) is 49.0 Å². The maximum atomic E-state index is 13.7. The minimum absolute atomic E-state index is 0.0954. The highest BCUT2D eigenvalue weighted by Crippen LogP contribution is 2.38. The highest BCUT2D eigenvalue weighted by atomic mass is 32.2. The first kappa shape index (κ1) is 22.3. The third-order valence-electron chi connectivity index (χ3n) is 4.73. The molecule has 5 aromatic rings. The van der Waals surface area contributed by atoms with Crippen molar-refractivity contribution in [2.24, 2.45) is 0 Å². The maximum absolute atomic E-state index is 13.7. The summed E-state index contributed by atoms with van der Waals surface area (Å²) in [4.78, 5) is 19.7. The van der Waals surface area contributed by atoms with E-state index in [1.165, 1.54) is 43.0 Å². The number of halogens is 2. The number of hydrogen-bond donors (Lipinski definition) is 1. The molecule has 35 heavy (non-hydrogen) atoms. The number of aromatic amines is 1. The number of pyridine rings is 1. The Morgan fingerprint density at radius 2 is 1.60 bits per heavy atom. The van der Waals surface area contributed by atoms with E-state index in [9.17, 15) is 17.2 Å². The van der Waals surface area contributed by atoms with Crippen LogP contribution in [0, 0.1) is 11.6 Å². The van der Waals surface area contributed by atoms with Gasteiger partial charge in [-0.15, -0.1) is 0 Å². The minimum Gasteiger partial charge on any atom is -0.453 e. The van der Waals surface area contributed by atoms with Crippen LogP contribution in [0.1, 0.15) is 0 Å². The van der Waals surface area contributed by atoms with E-state index in [-0.39, 0.29) is 28.0 Å². The Balaban J connectivity index is 1.58. The molecular formula is C23H15F2N5O4S. The van der Waals surface area contributed by atoms with Gasteiger partial charge in [-0.2, -0.15) is 0 Å². The first-order chi connectivity index (χ1) is 16.7. The van der Waals surface area contributed by atoms with Gasteiger partial charge in [0.15, 0.2) is 32.2 Å². The number of sulfone groups is 1. The third-order valence-corrected chi connectivity index (χ3v) is 5.74. The number of nitrogens with one attached hydrogen (secondary N) is 1. The number of nitrogens with zero attached hydrogens (tertiary/aromatic N) is 4. The number of aromatic nitrogens is 5. The lowest BCUT2D eigenvalue weighted by atomic mass is 10.2. The smallest absolute Gasteiger partial charge is 0.192 e. The molecule has 0 aliphatic heterocycles. The zero-order valence-corrected chi connectivity index (χ0v) is 18.8. The second-order valence-electron chi connectivity index (χ2n) is 7.41. The van der Waals surface area contributed by atoms with Gasteiger partial charge in [0.2, 0.25) is 0 Å². The zero-order valence-electron chi connectivity index (χ0n) is 17.9. The number of benzene rings is 2. The topological polar surface area (TPSA) is 120 Å². The molecule has 5 rings (SSSR count). The van der Waals surface area contributed by atoms with E-state index in [1.807, 2.05) is 0 Å². The van der Waals surface area contributed by atoms with Crippen LogP contribution >= 0.6 is 0 Å². The molecule has 0 bridgehead atoms. The van der Waals surface area contributed by atoms with Gasteiger partial charge >= 0.3 is 0 Å². The van der Waals surface area contributed by atoms with Gasteiger partial charge < -0.3 is 14.5 Å². The van der Waals surface area contributed by atoms with Crippen LogP contribution in [0.2, 0.25) is 0 Å². The first-order valence-corrected chi connectivity index (χ1v) is 11.9. The van der Waals surface area contributed by atoms with Crippen molar-refractivity contribution >= 4 is 20.9 Å². The summed E-state index contributed by atoms with van der Waals surface area (Å²) < 4.78 is 62.4. The van der Waals surface area contributed by atoms with E-state index < -0.39 is 21.5 Å². The molecule has 3 heterocycles. The lowest BCUT2D eigenvalue weighted by Crippen LogP contribution is -2.00. The monoisotopic (exact) mass is 495 g/mol. The van der Waals surface area contributed by atoms with Crippen LogP contribution in [0.4, 0.5) is 8.78 Å². The van der Waals surface area contributed by atoms with Gasteiger partial charge in [-0.05, 0) is 12.1 Å². The van der Waals surface area contributed by atoms with E-state index in [1.54, 1.807) is 6.07 Å². The molecule has 9 nitrogen and oxygen atoms in total. The predicted octanol–water partition coefficient (Wildman–Crippen LogP) is 4.68. The Labute approximate surface area is 197 Å². The van der Waals surface area contributed by atoms with Gasteiger partial charge in [0.05, 0.1) is 23.4 Å². The summed E-state index contributed by atoms with van der Waals surface area (Å²) in [5.41, 5.74) is 1.52. The van der Waals surface area contributed by atoms with E-state index in [0.717, 1.165) is 24.5 Å². The molecule has 0 fully saturated rings. The SMILES string of the molecule is CS(=O)(=O)c1ccc(Oc2cc3[nH]c(-c4cnccn4)nc3cc2Oc2cc(F)cc(F)c2)cn1. The molecule has 0 atom stereocenters. The van der Waals surface area contributed by atoms with E-state index in [0.29, 0.717) is 22.6 Å². The van der Waals surface area contributed by atoms with Crippen molar-refractivity contribution in [3.63, 3.8) is 0 Å². The summed E-state index contributed by atoms with van der Waals surface area (Å²) >= 11 is 0. The van der Waals surface area contributed by atoms with E-state index in [2.05, 4.69) is 24.9 Å². The molecule has 0 aliphatic carbocycles. The average Bonchev–Trinajstić information content (AvgIpc) is 3.22. The second kappa shape index (κ2) is 8.72. The van der Waals surface area contributed by atoms with Crippen LogP contribution in [-0.2, 0) is 9.84 Å². The number of imidazole rings is 1. The zero-order chi connectivity index (χ0) is 24.6. The fourth-order valence-corrected chi connectivity index (χ4v) is 3.77. The van der Waals surface area contributed by atoms with E-state index >= 15 is 0 Å². The summed E-state index contributed by atoms with van der Waals surface area (Å²) in [5.74, 6) is -0.810. The molecule has 2 aromatic carbocycles. The fourth-order valence-electron chi connectivity index (χ4n) is 3.21. The molecule has 0 unspecified atom stereocenters. The molecular weight excluding hydrogens is 480 g/mol. The highest BCUT2D eigenvalue weighted by Gasteiger charge is 2.16. The molecule has 0 saturated heterocycles. The Morgan fingerprint density at radius 1 is 0.857 bits per heavy atom. The largest absolute Gasteiger partial charge is 0.453 e. The quantitative estimate of drug-likeness (QED) is 0.361. The standard InChI is InChI=1S/C23H15F2N5O4S/c1-35(31,32)22-3-2-15(11-28-22)33-20-9-17-18(30-23(29-17)19-12-26-4-5-27-19)10-21(20)34-16-7-13(24)6-14(25)8-16/h2-12H,1H3,(H,29,30). The number of hydrogen-bond acceptors (Lipinski definition) is 8. The molecule has 0 spiro atoms. The van der Waals surface area contributed by atoms with Gasteiger partial charge in [-0.3, -0.25) is 4.98 Å². The lowest BCUT2D eigenvalue weighted by molar-refractivity contribution is 0.414. The lowest BCUT2D eigenvalue weighted by Gasteiger charge is -2.13. The normalized spacial score (nSPS) is 11.5. The summed E-state index contributed by atoms with van der Waals surface area (Å²) in [5, 5.41) is -0.116. The van der Waals surface area contributed by atoms with E-state index in [4.69, 9.17) is 9.47 Å². The van der Waals surface area contributed by atoms with Gasteiger partial charge in [0.25, 0.3) is 0 Å². The number of H-pyrrole nitrogens is 1. The van der Waals surface area contributed by atoms with Crippen LogP contribution < -0.4 is 9.47 Å². The van der Waals surface area contributed by atoms with Crippen molar-refractivity contribution in [1.82, 2.24) is 24.9 Å². The van der Waals surface area contributed by atoms with Gasteiger partial charge in [0.1, 0.15) is 28.8 Å². The van der Waals surface area contributed by atoms with Gasteiger partial charge in [-0.1, -0.05) is 0 Å². The van der Waals surface area contributed by atoms with Gasteiger partial charge in [-0.25, -0.2) is 32.2 Å². The third kappa shape index (κ3) is 4.92. The number of rotatable bonds is 6. The molecule has 0 radical (unpaired) electrons.